The highest BCUT2D eigenvalue weighted by Crippen LogP contribution is 2.27. The molecule has 0 aliphatic carbocycles. The lowest BCUT2D eigenvalue weighted by Crippen LogP contribution is -2.49. The Kier molecular flexibility index (Phi) is 6.71. The standard InChI is InChI=1S/C20H21BrN2O5S/c1-28-20(25)16-6-2-3-7-17(16)22-19(24)18-8-4-5-13-23(18)29(26,27)15-11-9-14(21)10-12-15/h2-3,6-7,9-12,18H,4-5,8,13H2,1H3,(H,22,24)/t18-/m0/s1. The molecule has 1 saturated heterocycles. The van der Waals surface area contributed by atoms with Crippen molar-refractivity contribution in [2.24, 2.45) is 0 Å². The average Bonchev–Trinajstić information content (AvgIpc) is 2.74. The number of benzene rings is 2. The van der Waals surface area contributed by atoms with Crippen LogP contribution in [0.2, 0.25) is 0 Å². The maximum atomic E-state index is 13.1. The zero-order valence-electron chi connectivity index (χ0n) is 15.8. The summed E-state index contributed by atoms with van der Waals surface area (Å²) in [6.45, 7) is 0.259. The smallest absolute Gasteiger partial charge is 0.339 e. The van der Waals surface area contributed by atoms with E-state index in [9.17, 15) is 18.0 Å². The third kappa shape index (κ3) is 4.68. The minimum absolute atomic E-state index is 0.135. The Morgan fingerprint density at radius 1 is 1.10 bits per heavy atom. The number of esters is 1. The first-order chi connectivity index (χ1) is 13.8. The molecule has 7 nitrogen and oxygen atoms in total. The van der Waals surface area contributed by atoms with Crippen LogP contribution in [-0.2, 0) is 19.6 Å². The topological polar surface area (TPSA) is 92.8 Å². The number of nitrogens with one attached hydrogen (secondary N) is 1. The lowest BCUT2D eigenvalue weighted by atomic mass is 10.0. The lowest BCUT2D eigenvalue weighted by molar-refractivity contribution is -0.120. The van der Waals surface area contributed by atoms with E-state index >= 15 is 0 Å². The number of hydrogen-bond donors (Lipinski definition) is 1. The summed E-state index contributed by atoms with van der Waals surface area (Å²) >= 11 is 3.29. The van der Waals surface area contributed by atoms with Crippen molar-refractivity contribution in [2.75, 3.05) is 19.0 Å². The van der Waals surface area contributed by atoms with Crippen molar-refractivity contribution in [3.63, 3.8) is 0 Å². The van der Waals surface area contributed by atoms with Crippen LogP contribution in [0.15, 0.2) is 57.9 Å². The average molecular weight is 481 g/mol. The summed E-state index contributed by atoms with van der Waals surface area (Å²) < 4.78 is 33.0. The summed E-state index contributed by atoms with van der Waals surface area (Å²) in [5.74, 6) is -1.05. The van der Waals surface area contributed by atoms with E-state index in [1.165, 1.54) is 23.5 Å². The number of para-hydroxylation sites is 1. The number of nitrogens with zero attached hydrogens (tertiary/aromatic N) is 1. The summed E-state index contributed by atoms with van der Waals surface area (Å²) in [5, 5.41) is 2.70. The van der Waals surface area contributed by atoms with Gasteiger partial charge >= 0.3 is 5.97 Å². The molecule has 3 rings (SSSR count). The van der Waals surface area contributed by atoms with Crippen LogP contribution in [0.4, 0.5) is 5.69 Å². The molecule has 0 radical (unpaired) electrons. The fraction of sp³-hybridized carbons (Fsp3) is 0.300. The van der Waals surface area contributed by atoms with E-state index in [1.54, 1.807) is 36.4 Å². The SMILES string of the molecule is COC(=O)c1ccccc1NC(=O)[C@@H]1CCCCN1S(=O)(=O)c1ccc(Br)cc1. The van der Waals surface area contributed by atoms with Crippen LogP contribution < -0.4 is 5.32 Å². The van der Waals surface area contributed by atoms with Gasteiger partial charge in [-0.1, -0.05) is 34.5 Å². The number of halogens is 1. The van der Waals surface area contributed by atoms with Crippen LogP contribution in [0, 0.1) is 0 Å². The van der Waals surface area contributed by atoms with Crippen molar-refractivity contribution >= 4 is 43.5 Å². The Bertz CT molecular complexity index is 1010. The largest absolute Gasteiger partial charge is 0.465 e. The molecule has 1 fully saturated rings. The summed E-state index contributed by atoms with van der Waals surface area (Å²) in [6.07, 6.45) is 1.82. The number of hydrogen-bond acceptors (Lipinski definition) is 5. The van der Waals surface area contributed by atoms with Gasteiger partial charge in [-0.2, -0.15) is 4.31 Å². The second-order valence-electron chi connectivity index (χ2n) is 6.61. The number of amides is 1. The molecule has 1 heterocycles. The van der Waals surface area contributed by atoms with Crippen LogP contribution in [0.5, 0.6) is 0 Å². The second kappa shape index (κ2) is 9.06. The molecule has 0 unspecified atom stereocenters. The zero-order chi connectivity index (χ0) is 21.0. The Hall–Kier alpha value is -2.23. The molecule has 1 aliphatic rings. The number of carbonyl (C=O) groups is 2. The number of piperidine rings is 1. The first-order valence-electron chi connectivity index (χ1n) is 9.10. The van der Waals surface area contributed by atoms with Gasteiger partial charge in [-0.15, -0.1) is 0 Å². The molecule has 154 valence electrons. The molecule has 0 bridgehead atoms. The van der Waals surface area contributed by atoms with Crippen LogP contribution in [-0.4, -0.2) is 44.3 Å². The molecule has 1 amide bonds. The van der Waals surface area contributed by atoms with E-state index in [0.717, 1.165) is 10.9 Å². The monoisotopic (exact) mass is 480 g/mol. The lowest BCUT2D eigenvalue weighted by Gasteiger charge is -2.33. The molecule has 1 aliphatic heterocycles. The third-order valence-electron chi connectivity index (χ3n) is 4.77. The Morgan fingerprint density at radius 3 is 2.48 bits per heavy atom. The van der Waals surface area contributed by atoms with Crippen molar-refractivity contribution in [2.45, 2.75) is 30.2 Å². The number of carbonyl (C=O) groups excluding carboxylic acids is 2. The molecular weight excluding hydrogens is 460 g/mol. The summed E-state index contributed by atoms with van der Waals surface area (Å²) in [7, 11) is -2.58. The van der Waals surface area contributed by atoms with Gasteiger partial charge in [0.05, 0.1) is 23.3 Å². The van der Waals surface area contributed by atoms with E-state index < -0.39 is 27.9 Å². The van der Waals surface area contributed by atoms with Gasteiger partial charge in [-0.05, 0) is 49.2 Å². The molecule has 0 saturated carbocycles. The molecular formula is C20H21BrN2O5S. The minimum atomic E-state index is -3.84. The Labute approximate surface area is 178 Å². The highest BCUT2D eigenvalue weighted by molar-refractivity contribution is 9.10. The summed E-state index contributed by atoms with van der Waals surface area (Å²) in [4.78, 5) is 25.1. The number of methoxy groups -OCH3 is 1. The van der Waals surface area contributed by atoms with Gasteiger partial charge < -0.3 is 10.1 Å². The molecule has 0 aromatic heterocycles. The normalized spacial score (nSPS) is 17.5. The Morgan fingerprint density at radius 2 is 1.79 bits per heavy atom. The first kappa shape index (κ1) is 21.5. The Balaban J connectivity index is 1.88. The van der Waals surface area contributed by atoms with Crippen molar-refractivity contribution in [1.29, 1.82) is 0 Å². The highest BCUT2D eigenvalue weighted by atomic mass is 79.9. The van der Waals surface area contributed by atoms with Crippen molar-refractivity contribution in [1.82, 2.24) is 4.31 Å². The first-order valence-corrected chi connectivity index (χ1v) is 11.3. The van der Waals surface area contributed by atoms with Crippen LogP contribution >= 0.6 is 15.9 Å². The van der Waals surface area contributed by atoms with E-state index in [2.05, 4.69) is 21.2 Å². The van der Waals surface area contributed by atoms with E-state index in [0.29, 0.717) is 12.8 Å². The third-order valence-corrected chi connectivity index (χ3v) is 7.22. The van der Waals surface area contributed by atoms with Crippen molar-refractivity contribution < 1.29 is 22.7 Å². The molecule has 9 heteroatoms. The molecule has 29 heavy (non-hydrogen) atoms. The maximum absolute atomic E-state index is 13.1. The summed E-state index contributed by atoms with van der Waals surface area (Å²) in [5.41, 5.74) is 0.498. The number of anilines is 1. The molecule has 2 aromatic carbocycles. The quantitative estimate of drug-likeness (QED) is 0.661. The fourth-order valence-corrected chi connectivity index (χ4v) is 5.21. The molecule has 1 atom stereocenters. The van der Waals surface area contributed by atoms with Crippen LogP contribution in [0.1, 0.15) is 29.6 Å². The fourth-order valence-electron chi connectivity index (χ4n) is 3.29. The van der Waals surface area contributed by atoms with Gasteiger partial charge in [0, 0.05) is 11.0 Å². The van der Waals surface area contributed by atoms with Gasteiger partial charge in [0.25, 0.3) is 0 Å². The predicted molar refractivity (Wildman–Crippen MR) is 112 cm³/mol. The van der Waals surface area contributed by atoms with Gasteiger partial charge in [-0.25, -0.2) is 13.2 Å². The molecule has 1 N–H and O–H groups in total. The van der Waals surface area contributed by atoms with Gasteiger partial charge in [0.15, 0.2) is 0 Å². The van der Waals surface area contributed by atoms with Crippen LogP contribution in [0.25, 0.3) is 0 Å². The van der Waals surface area contributed by atoms with E-state index in [1.807, 2.05) is 0 Å². The van der Waals surface area contributed by atoms with E-state index in [-0.39, 0.29) is 22.7 Å². The zero-order valence-corrected chi connectivity index (χ0v) is 18.2. The van der Waals surface area contributed by atoms with E-state index in [4.69, 9.17) is 4.74 Å². The van der Waals surface area contributed by atoms with Crippen molar-refractivity contribution in [3.8, 4) is 0 Å². The molecule has 0 spiro atoms. The van der Waals surface area contributed by atoms with Crippen LogP contribution in [0.3, 0.4) is 0 Å². The number of rotatable bonds is 5. The van der Waals surface area contributed by atoms with Crippen molar-refractivity contribution in [3.05, 3.63) is 58.6 Å². The van der Waals surface area contributed by atoms with Gasteiger partial charge in [0.2, 0.25) is 15.9 Å². The second-order valence-corrected chi connectivity index (χ2v) is 9.41. The predicted octanol–water partition coefficient (Wildman–Crippen LogP) is 3.42. The highest BCUT2D eigenvalue weighted by Gasteiger charge is 2.37. The van der Waals surface area contributed by atoms with Gasteiger partial charge in [0.1, 0.15) is 6.04 Å². The maximum Gasteiger partial charge on any atom is 0.339 e. The number of sulfonamides is 1. The number of ether oxygens (including phenoxy) is 1. The van der Waals surface area contributed by atoms with Gasteiger partial charge in [-0.3, -0.25) is 4.79 Å². The minimum Gasteiger partial charge on any atom is -0.465 e. The molecule has 2 aromatic rings. The summed E-state index contributed by atoms with van der Waals surface area (Å²) in [6, 6.07) is 11.9.